The van der Waals surface area contributed by atoms with Gasteiger partial charge in [0.1, 0.15) is 5.69 Å². The average Bonchev–Trinajstić information content (AvgIpc) is 2.61. The molecule has 0 aromatic carbocycles. The highest BCUT2D eigenvalue weighted by atomic mass is 32.2. The maximum atomic E-state index is 12.6. The van der Waals surface area contributed by atoms with Gasteiger partial charge in [0.2, 0.25) is 10.0 Å². The molecule has 0 bridgehead atoms. The number of hydrogen-bond donors (Lipinski definition) is 2. The molecule has 1 aromatic rings. The number of nitrogen functional groups attached to an aromatic ring is 1. The Bertz CT molecular complexity index is 652. The number of piperidine rings is 1. The summed E-state index contributed by atoms with van der Waals surface area (Å²) in [5, 5.41) is 4.14. The minimum Gasteiger partial charge on any atom is -0.395 e. The lowest BCUT2D eigenvalue weighted by atomic mass is 10.1. The SMILES string of the molecule is Cc1nn(C)c(C(=O)N2CCCC(NS(C)(=O)=O)C2)c1N. The van der Waals surface area contributed by atoms with Crippen molar-refractivity contribution in [3.63, 3.8) is 0 Å². The molecular weight excluding hydrogens is 294 g/mol. The molecule has 9 heteroatoms. The molecule has 1 aliphatic heterocycles. The number of aromatic nitrogens is 2. The number of hydrogen-bond acceptors (Lipinski definition) is 5. The minimum atomic E-state index is -3.28. The van der Waals surface area contributed by atoms with Crippen LogP contribution in [0.2, 0.25) is 0 Å². The topological polar surface area (TPSA) is 110 Å². The molecule has 118 valence electrons. The maximum Gasteiger partial charge on any atom is 0.274 e. The average molecular weight is 315 g/mol. The molecule has 3 N–H and O–H groups in total. The van der Waals surface area contributed by atoms with E-state index in [-0.39, 0.29) is 11.9 Å². The molecular formula is C12H21N5O3S. The van der Waals surface area contributed by atoms with Crippen LogP contribution >= 0.6 is 0 Å². The number of amides is 1. The van der Waals surface area contributed by atoms with Gasteiger partial charge in [-0.15, -0.1) is 0 Å². The molecule has 2 heterocycles. The van der Waals surface area contributed by atoms with E-state index in [9.17, 15) is 13.2 Å². The molecule has 0 saturated carbocycles. The third-order valence-corrected chi connectivity index (χ3v) is 4.32. The van der Waals surface area contributed by atoms with Gasteiger partial charge >= 0.3 is 0 Å². The van der Waals surface area contributed by atoms with Crippen LogP contribution in [0, 0.1) is 6.92 Å². The summed E-state index contributed by atoms with van der Waals surface area (Å²) in [5.74, 6) is -0.212. The number of likely N-dealkylation sites (tertiary alicyclic amines) is 1. The standard InChI is InChI=1S/C12H21N5O3S/c1-8-10(13)11(16(2)14-8)12(18)17-6-4-5-9(7-17)15-21(3,19)20/h9,15H,4-7,13H2,1-3H3. The summed E-state index contributed by atoms with van der Waals surface area (Å²) in [6.45, 7) is 2.68. The Kier molecular flexibility index (Phi) is 4.24. The molecule has 8 nitrogen and oxygen atoms in total. The highest BCUT2D eigenvalue weighted by Crippen LogP contribution is 2.20. The van der Waals surface area contributed by atoms with Crippen LogP contribution in [0.3, 0.4) is 0 Å². The molecule has 0 aliphatic carbocycles. The molecule has 1 atom stereocenters. The van der Waals surface area contributed by atoms with E-state index in [0.29, 0.717) is 30.2 Å². The molecule has 1 amide bonds. The van der Waals surface area contributed by atoms with Crippen molar-refractivity contribution in [2.24, 2.45) is 7.05 Å². The number of nitrogens with one attached hydrogen (secondary N) is 1. The fraction of sp³-hybridized carbons (Fsp3) is 0.667. The third kappa shape index (κ3) is 3.53. The molecule has 1 aromatic heterocycles. The van der Waals surface area contributed by atoms with Gasteiger partial charge in [0, 0.05) is 26.2 Å². The van der Waals surface area contributed by atoms with E-state index < -0.39 is 10.0 Å². The van der Waals surface area contributed by atoms with Gasteiger partial charge in [-0.3, -0.25) is 9.48 Å². The lowest BCUT2D eigenvalue weighted by molar-refractivity contribution is 0.0693. The number of nitrogens with zero attached hydrogens (tertiary/aromatic N) is 3. The number of rotatable bonds is 3. The summed E-state index contributed by atoms with van der Waals surface area (Å²) in [5.41, 5.74) is 7.25. The fourth-order valence-corrected chi connectivity index (χ4v) is 3.44. The molecule has 1 aliphatic rings. The van der Waals surface area contributed by atoms with Crippen molar-refractivity contribution >= 4 is 21.6 Å². The number of nitrogens with two attached hydrogens (primary N) is 1. The van der Waals surface area contributed by atoms with E-state index in [2.05, 4.69) is 9.82 Å². The van der Waals surface area contributed by atoms with E-state index in [1.54, 1.807) is 18.9 Å². The largest absolute Gasteiger partial charge is 0.395 e. The normalized spacial score (nSPS) is 19.8. The number of sulfonamides is 1. The Balaban J connectivity index is 2.16. The predicted octanol–water partition coefficient (Wildman–Crippen LogP) is -0.535. The summed E-state index contributed by atoms with van der Waals surface area (Å²) in [7, 11) is -1.61. The van der Waals surface area contributed by atoms with Gasteiger partial charge in [-0.05, 0) is 19.8 Å². The second-order valence-electron chi connectivity index (χ2n) is 5.45. The number of aryl methyl sites for hydroxylation is 2. The zero-order chi connectivity index (χ0) is 15.8. The highest BCUT2D eigenvalue weighted by Gasteiger charge is 2.29. The van der Waals surface area contributed by atoms with E-state index >= 15 is 0 Å². The summed E-state index contributed by atoms with van der Waals surface area (Å²) in [4.78, 5) is 14.2. The predicted molar refractivity (Wildman–Crippen MR) is 79.3 cm³/mol. The molecule has 0 spiro atoms. The Labute approximate surface area is 124 Å². The zero-order valence-corrected chi connectivity index (χ0v) is 13.3. The van der Waals surface area contributed by atoms with Crippen molar-refractivity contribution in [2.45, 2.75) is 25.8 Å². The lowest BCUT2D eigenvalue weighted by Crippen LogP contribution is -2.49. The van der Waals surface area contributed by atoms with Gasteiger partial charge < -0.3 is 10.6 Å². The highest BCUT2D eigenvalue weighted by molar-refractivity contribution is 7.88. The molecule has 1 saturated heterocycles. The first-order chi connectivity index (χ1) is 9.69. The first-order valence-electron chi connectivity index (χ1n) is 6.74. The van der Waals surface area contributed by atoms with Crippen molar-refractivity contribution in [3.8, 4) is 0 Å². The molecule has 0 radical (unpaired) electrons. The van der Waals surface area contributed by atoms with Gasteiger partial charge in [-0.1, -0.05) is 0 Å². The van der Waals surface area contributed by atoms with Crippen LogP contribution in [-0.4, -0.2) is 54.4 Å². The second kappa shape index (κ2) is 5.64. The van der Waals surface area contributed by atoms with Crippen molar-refractivity contribution < 1.29 is 13.2 Å². The summed E-state index contributed by atoms with van der Waals surface area (Å²) < 4.78 is 26.6. The smallest absolute Gasteiger partial charge is 0.274 e. The Morgan fingerprint density at radius 2 is 2.14 bits per heavy atom. The van der Waals surface area contributed by atoms with Gasteiger partial charge in [0.05, 0.1) is 17.6 Å². The Morgan fingerprint density at radius 1 is 1.48 bits per heavy atom. The third-order valence-electron chi connectivity index (χ3n) is 3.56. The first kappa shape index (κ1) is 15.8. The quantitative estimate of drug-likeness (QED) is 0.778. The van der Waals surface area contributed by atoms with Gasteiger partial charge in [0.25, 0.3) is 5.91 Å². The molecule has 1 unspecified atom stereocenters. The van der Waals surface area contributed by atoms with Crippen LogP contribution in [0.5, 0.6) is 0 Å². The van der Waals surface area contributed by atoms with Gasteiger partial charge in [0.15, 0.2) is 0 Å². The summed E-state index contributed by atoms with van der Waals surface area (Å²) in [6.07, 6.45) is 2.59. The first-order valence-corrected chi connectivity index (χ1v) is 8.64. The van der Waals surface area contributed by atoms with E-state index in [4.69, 9.17) is 5.73 Å². The Morgan fingerprint density at radius 3 is 2.67 bits per heavy atom. The zero-order valence-electron chi connectivity index (χ0n) is 12.5. The second-order valence-corrected chi connectivity index (χ2v) is 7.23. The summed E-state index contributed by atoms with van der Waals surface area (Å²) in [6, 6.07) is -0.256. The van der Waals surface area contributed by atoms with Crippen LogP contribution in [-0.2, 0) is 17.1 Å². The van der Waals surface area contributed by atoms with E-state index in [1.807, 2.05) is 0 Å². The van der Waals surface area contributed by atoms with Crippen molar-refractivity contribution in [2.75, 3.05) is 25.1 Å². The van der Waals surface area contributed by atoms with Crippen LogP contribution in [0.25, 0.3) is 0 Å². The number of carbonyl (C=O) groups is 1. The minimum absolute atomic E-state index is 0.212. The lowest BCUT2D eigenvalue weighted by Gasteiger charge is -2.32. The fourth-order valence-electron chi connectivity index (χ4n) is 2.64. The number of anilines is 1. The van der Waals surface area contributed by atoms with Crippen LogP contribution in [0.1, 0.15) is 29.0 Å². The molecule has 21 heavy (non-hydrogen) atoms. The van der Waals surface area contributed by atoms with Crippen LogP contribution in [0.4, 0.5) is 5.69 Å². The van der Waals surface area contributed by atoms with Crippen molar-refractivity contribution in [1.82, 2.24) is 19.4 Å². The van der Waals surface area contributed by atoms with Crippen LogP contribution in [0.15, 0.2) is 0 Å². The van der Waals surface area contributed by atoms with Crippen molar-refractivity contribution in [3.05, 3.63) is 11.4 Å². The van der Waals surface area contributed by atoms with Crippen LogP contribution < -0.4 is 10.5 Å². The maximum absolute atomic E-state index is 12.6. The Hall–Kier alpha value is -1.61. The monoisotopic (exact) mass is 315 g/mol. The van der Waals surface area contributed by atoms with E-state index in [0.717, 1.165) is 19.1 Å². The van der Waals surface area contributed by atoms with Gasteiger partial charge in [-0.2, -0.15) is 5.10 Å². The van der Waals surface area contributed by atoms with Crippen molar-refractivity contribution in [1.29, 1.82) is 0 Å². The van der Waals surface area contributed by atoms with Gasteiger partial charge in [-0.25, -0.2) is 13.1 Å². The number of carbonyl (C=O) groups excluding carboxylic acids is 1. The van der Waals surface area contributed by atoms with E-state index in [1.165, 1.54) is 4.68 Å². The molecule has 1 fully saturated rings. The molecule has 2 rings (SSSR count). The summed E-state index contributed by atoms with van der Waals surface area (Å²) >= 11 is 0.